The standard InChI is InChI=1S/C10H14O/c1-4-5-8(2)10-7-11-6-9(10)3/h4-5H,1,6-7H2,2-3H3/b8-5-. The van der Waals surface area contributed by atoms with Crippen LogP contribution in [0.4, 0.5) is 0 Å². The van der Waals surface area contributed by atoms with Gasteiger partial charge in [-0.2, -0.15) is 0 Å². The third-order valence-electron chi connectivity index (χ3n) is 1.92. The van der Waals surface area contributed by atoms with E-state index in [4.69, 9.17) is 4.74 Å². The van der Waals surface area contributed by atoms with Gasteiger partial charge < -0.3 is 4.74 Å². The van der Waals surface area contributed by atoms with Gasteiger partial charge in [-0.05, 0) is 30.6 Å². The molecule has 0 unspecified atom stereocenters. The van der Waals surface area contributed by atoms with Gasteiger partial charge >= 0.3 is 0 Å². The molecule has 0 radical (unpaired) electrons. The topological polar surface area (TPSA) is 9.23 Å². The van der Waals surface area contributed by atoms with Crippen LogP contribution in [-0.4, -0.2) is 13.2 Å². The lowest BCUT2D eigenvalue weighted by Crippen LogP contribution is -1.88. The fourth-order valence-corrected chi connectivity index (χ4v) is 1.24. The van der Waals surface area contributed by atoms with Crippen LogP contribution in [0.1, 0.15) is 13.8 Å². The minimum Gasteiger partial charge on any atom is -0.372 e. The highest BCUT2D eigenvalue weighted by Gasteiger charge is 2.11. The van der Waals surface area contributed by atoms with Crippen LogP contribution in [0.15, 0.2) is 35.5 Å². The number of allylic oxidation sites excluding steroid dienone is 2. The normalized spacial score (nSPS) is 19.3. The predicted molar refractivity (Wildman–Crippen MR) is 47.5 cm³/mol. The van der Waals surface area contributed by atoms with E-state index in [2.05, 4.69) is 20.4 Å². The molecule has 0 spiro atoms. The van der Waals surface area contributed by atoms with E-state index in [1.165, 1.54) is 16.7 Å². The maximum absolute atomic E-state index is 5.29. The third kappa shape index (κ3) is 1.81. The molecular formula is C10H14O. The quantitative estimate of drug-likeness (QED) is 0.549. The van der Waals surface area contributed by atoms with E-state index >= 15 is 0 Å². The molecular weight excluding hydrogens is 136 g/mol. The van der Waals surface area contributed by atoms with E-state index < -0.39 is 0 Å². The first-order valence-electron chi connectivity index (χ1n) is 3.81. The average molecular weight is 150 g/mol. The maximum Gasteiger partial charge on any atom is 0.0724 e. The molecule has 1 aliphatic rings. The first-order chi connectivity index (χ1) is 5.25. The molecule has 0 N–H and O–H groups in total. The molecule has 1 heteroatoms. The van der Waals surface area contributed by atoms with Crippen LogP contribution in [-0.2, 0) is 4.74 Å². The highest BCUT2D eigenvalue weighted by atomic mass is 16.5. The van der Waals surface area contributed by atoms with Crippen LogP contribution in [0.3, 0.4) is 0 Å². The summed E-state index contributed by atoms with van der Waals surface area (Å²) in [6.07, 6.45) is 3.83. The maximum atomic E-state index is 5.29. The molecule has 1 heterocycles. The van der Waals surface area contributed by atoms with Gasteiger partial charge in [0.25, 0.3) is 0 Å². The molecule has 0 aromatic carbocycles. The zero-order valence-corrected chi connectivity index (χ0v) is 7.18. The molecule has 1 rings (SSSR count). The van der Waals surface area contributed by atoms with Gasteiger partial charge in [-0.1, -0.05) is 18.7 Å². The Balaban J connectivity index is 2.81. The summed E-state index contributed by atoms with van der Waals surface area (Å²) in [5.41, 5.74) is 3.96. The first-order valence-corrected chi connectivity index (χ1v) is 3.81. The van der Waals surface area contributed by atoms with Gasteiger partial charge in [0.15, 0.2) is 0 Å². The predicted octanol–water partition coefficient (Wildman–Crippen LogP) is 2.47. The number of hydrogen-bond donors (Lipinski definition) is 0. The van der Waals surface area contributed by atoms with Gasteiger partial charge in [0.05, 0.1) is 13.2 Å². The lowest BCUT2D eigenvalue weighted by Gasteiger charge is -2.00. The van der Waals surface area contributed by atoms with Crippen molar-refractivity contribution in [1.29, 1.82) is 0 Å². The molecule has 0 aliphatic carbocycles. The summed E-state index contributed by atoms with van der Waals surface area (Å²) in [7, 11) is 0. The van der Waals surface area contributed by atoms with Crippen molar-refractivity contribution in [2.24, 2.45) is 0 Å². The Morgan fingerprint density at radius 1 is 1.55 bits per heavy atom. The molecule has 11 heavy (non-hydrogen) atoms. The molecule has 60 valence electrons. The van der Waals surface area contributed by atoms with Crippen LogP contribution in [0.25, 0.3) is 0 Å². The first kappa shape index (κ1) is 8.28. The SMILES string of the molecule is C=C/C=C(/C)C1=C(C)COC1. The van der Waals surface area contributed by atoms with E-state index in [1.807, 2.05) is 12.2 Å². The second-order valence-corrected chi connectivity index (χ2v) is 2.84. The van der Waals surface area contributed by atoms with E-state index in [9.17, 15) is 0 Å². The summed E-state index contributed by atoms with van der Waals surface area (Å²) < 4.78 is 5.29. The van der Waals surface area contributed by atoms with Gasteiger partial charge in [0, 0.05) is 0 Å². The molecule has 0 aromatic rings. The fraction of sp³-hybridized carbons (Fsp3) is 0.400. The van der Waals surface area contributed by atoms with Crippen LogP contribution in [0.5, 0.6) is 0 Å². The average Bonchev–Trinajstić information content (AvgIpc) is 2.36. The smallest absolute Gasteiger partial charge is 0.0724 e. The number of hydrogen-bond acceptors (Lipinski definition) is 1. The Hall–Kier alpha value is -0.820. The van der Waals surface area contributed by atoms with Crippen LogP contribution in [0.2, 0.25) is 0 Å². The Morgan fingerprint density at radius 3 is 2.73 bits per heavy atom. The Kier molecular flexibility index (Phi) is 2.66. The van der Waals surface area contributed by atoms with Gasteiger partial charge in [-0.3, -0.25) is 0 Å². The van der Waals surface area contributed by atoms with Gasteiger partial charge in [0.1, 0.15) is 0 Å². The van der Waals surface area contributed by atoms with E-state index in [1.54, 1.807) is 0 Å². The highest BCUT2D eigenvalue weighted by molar-refractivity contribution is 5.37. The molecule has 0 saturated heterocycles. The van der Waals surface area contributed by atoms with E-state index in [-0.39, 0.29) is 0 Å². The summed E-state index contributed by atoms with van der Waals surface area (Å²) in [6, 6.07) is 0. The van der Waals surface area contributed by atoms with Gasteiger partial charge in [-0.15, -0.1) is 0 Å². The molecule has 0 amide bonds. The van der Waals surface area contributed by atoms with Crippen molar-refractivity contribution < 1.29 is 4.74 Å². The van der Waals surface area contributed by atoms with Crippen molar-refractivity contribution in [2.45, 2.75) is 13.8 Å². The highest BCUT2D eigenvalue weighted by Crippen LogP contribution is 2.20. The Morgan fingerprint density at radius 2 is 2.27 bits per heavy atom. The molecule has 1 aliphatic heterocycles. The molecule has 0 bridgehead atoms. The molecule has 0 atom stereocenters. The van der Waals surface area contributed by atoms with Crippen molar-refractivity contribution in [2.75, 3.05) is 13.2 Å². The summed E-state index contributed by atoms with van der Waals surface area (Å²) in [5, 5.41) is 0. The van der Waals surface area contributed by atoms with Crippen LogP contribution < -0.4 is 0 Å². The zero-order chi connectivity index (χ0) is 8.27. The largest absolute Gasteiger partial charge is 0.372 e. The van der Waals surface area contributed by atoms with Crippen molar-refractivity contribution >= 4 is 0 Å². The zero-order valence-electron chi connectivity index (χ0n) is 7.18. The lowest BCUT2D eigenvalue weighted by molar-refractivity contribution is 0.205. The van der Waals surface area contributed by atoms with Crippen LogP contribution >= 0.6 is 0 Å². The molecule has 0 saturated carbocycles. The van der Waals surface area contributed by atoms with Crippen molar-refractivity contribution in [3.63, 3.8) is 0 Å². The third-order valence-corrected chi connectivity index (χ3v) is 1.92. The Labute approximate surface area is 68.1 Å². The monoisotopic (exact) mass is 150 g/mol. The fourth-order valence-electron chi connectivity index (χ4n) is 1.24. The van der Waals surface area contributed by atoms with Crippen molar-refractivity contribution in [3.8, 4) is 0 Å². The van der Waals surface area contributed by atoms with Crippen LogP contribution in [0, 0.1) is 0 Å². The van der Waals surface area contributed by atoms with Gasteiger partial charge in [0.2, 0.25) is 0 Å². The second-order valence-electron chi connectivity index (χ2n) is 2.84. The second kappa shape index (κ2) is 3.54. The molecule has 0 fully saturated rings. The number of rotatable bonds is 2. The van der Waals surface area contributed by atoms with Crippen molar-refractivity contribution in [1.82, 2.24) is 0 Å². The van der Waals surface area contributed by atoms with E-state index in [0.29, 0.717) is 0 Å². The molecule has 1 nitrogen and oxygen atoms in total. The Bertz CT molecular complexity index is 221. The summed E-state index contributed by atoms with van der Waals surface area (Å²) in [4.78, 5) is 0. The minimum absolute atomic E-state index is 0.766. The summed E-state index contributed by atoms with van der Waals surface area (Å²) >= 11 is 0. The van der Waals surface area contributed by atoms with Crippen molar-refractivity contribution in [3.05, 3.63) is 35.5 Å². The number of ether oxygens (including phenoxy) is 1. The summed E-state index contributed by atoms with van der Waals surface area (Å²) in [5.74, 6) is 0. The lowest BCUT2D eigenvalue weighted by atomic mass is 10.1. The van der Waals surface area contributed by atoms with Gasteiger partial charge in [-0.25, -0.2) is 0 Å². The van der Waals surface area contributed by atoms with E-state index in [0.717, 1.165) is 13.2 Å². The minimum atomic E-state index is 0.766. The molecule has 0 aromatic heterocycles. The summed E-state index contributed by atoms with van der Waals surface area (Å²) in [6.45, 7) is 9.42.